The fourth-order valence-electron chi connectivity index (χ4n) is 1.96. The van der Waals surface area contributed by atoms with E-state index >= 15 is 0 Å². The SMILES string of the molecule is CCc1cc(-c2cnc(CCS)[nH]2)ccc1OC. The topological polar surface area (TPSA) is 37.9 Å². The fourth-order valence-corrected chi connectivity index (χ4v) is 2.18. The van der Waals surface area contributed by atoms with E-state index in [9.17, 15) is 0 Å². The van der Waals surface area contributed by atoms with Gasteiger partial charge < -0.3 is 9.72 Å². The van der Waals surface area contributed by atoms with E-state index in [2.05, 4.69) is 41.7 Å². The van der Waals surface area contributed by atoms with Gasteiger partial charge in [0.1, 0.15) is 11.6 Å². The number of ether oxygens (including phenoxy) is 1. The summed E-state index contributed by atoms with van der Waals surface area (Å²) >= 11 is 4.21. The highest BCUT2D eigenvalue weighted by Gasteiger charge is 2.06. The first kappa shape index (κ1) is 13.0. The van der Waals surface area contributed by atoms with Gasteiger partial charge >= 0.3 is 0 Å². The molecule has 0 aliphatic carbocycles. The number of imidazole rings is 1. The van der Waals surface area contributed by atoms with Gasteiger partial charge in [0.15, 0.2) is 0 Å². The molecule has 0 fully saturated rings. The van der Waals surface area contributed by atoms with Crippen molar-refractivity contribution in [1.82, 2.24) is 9.97 Å². The van der Waals surface area contributed by atoms with Crippen LogP contribution in [-0.2, 0) is 12.8 Å². The zero-order valence-electron chi connectivity index (χ0n) is 10.7. The zero-order chi connectivity index (χ0) is 13.0. The van der Waals surface area contributed by atoms with Crippen molar-refractivity contribution in [2.24, 2.45) is 0 Å². The van der Waals surface area contributed by atoms with E-state index in [1.807, 2.05) is 12.3 Å². The minimum Gasteiger partial charge on any atom is -0.496 e. The minimum atomic E-state index is 0.801. The van der Waals surface area contributed by atoms with E-state index in [4.69, 9.17) is 4.74 Å². The molecule has 1 N–H and O–H groups in total. The summed E-state index contributed by atoms with van der Waals surface area (Å²) in [7, 11) is 1.70. The first-order valence-electron chi connectivity index (χ1n) is 6.10. The molecule has 0 radical (unpaired) electrons. The van der Waals surface area contributed by atoms with Crippen LogP contribution in [0.4, 0.5) is 0 Å². The van der Waals surface area contributed by atoms with Gasteiger partial charge in [-0.2, -0.15) is 12.6 Å². The minimum absolute atomic E-state index is 0.801. The van der Waals surface area contributed by atoms with Gasteiger partial charge in [0.05, 0.1) is 19.0 Å². The quantitative estimate of drug-likeness (QED) is 0.812. The van der Waals surface area contributed by atoms with Crippen LogP contribution in [0.25, 0.3) is 11.3 Å². The van der Waals surface area contributed by atoms with Crippen LogP contribution in [-0.4, -0.2) is 22.8 Å². The third-order valence-electron chi connectivity index (χ3n) is 2.95. The molecule has 1 heterocycles. The first-order valence-corrected chi connectivity index (χ1v) is 6.73. The van der Waals surface area contributed by atoms with Crippen LogP contribution in [0.5, 0.6) is 5.75 Å². The highest BCUT2D eigenvalue weighted by molar-refractivity contribution is 7.80. The summed E-state index contributed by atoms with van der Waals surface area (Å²) in [5, 5.41) is 0. The van der Waals surface area contributed by atoms with Crippen molar-refractivity contribution in [2.45, 2.75) is 19.8 Å². The van der Waals surface area contributed by atoms with E-state index in [0.717, 1.165) is 41.4 Å². The number of methoxy groups -OCH3 is 1. The standard InChI is InChI=1S/C14H18N2OS/c1-3-10-8-11(4-5-13(10)17-2)12-9-15-14(16-12)6-7-18/h4-5,8-9,18H,3,6-7H2,1-2H3,(H,15,16). The molecule has 2 rings (SSSR count). The molecule has 2 aromatic rings. The van der Waals surface area contributed by atoms with Crippen LogP contribution >= 0.6 is 12.6 Å². The molecule has 4 heteroatoms. The second-order valence-corrected chi connectivity index (χ2v) is 4.54. The summed E-state index contributed by atoms with van der Waals surface area (Å²) in [5.41, 5.74) is 3.40. The fraction of sp³-hybridized carbons (Fsp3) is 0.357. The number of aryl methyl sites for hydroxylation is 2. The number of benzene rings is 1. The Morgan fingerprint density at radius 3 is 2.89 bits per heavy atom. The number of H-pyrrole nitrogens is 1. The van der Waals surface area contributed by atoms with Crippen LogP contribution in [0.1, 0.15) is 18.3 Å². The number of nitrogens with zero attached hydrogens (tertiary/aromatic N) is 1. The monoisotopic (exact) mass is 262 g/mol. The Kier molecular flexibility index (Phi) is 4.31. The molecule has 0 spiro atoms. The number of thiol groups is 1. The van der Waals surface area contributed by atoms with Crippen LogP contribution in [0.15, 0.2) is 24.4 Å². The predicted octanol–water partition coefficient (Wildman–Crippen LogP) is 3.12. The van der Waals surface area contributed by atoms with Gasteiger partial charge in [0.25, 0.3) is 0 Å². The second-order valence-electron chi connectivity index (χ2n) is 4.10. The maximum atomic E-state index is 5.33. The van der Waals surface area contributed by atoms with Crippen molar-refractivity contribution >= 4 is 12.6 Å². The van der Waals surface area contributed by atoms with Gasteiger partial charge in [-0.3, -0.25) is 0 Å². The Hall–Kier alpha value is -1.42. The van der Waals surface area contributed by atoms with Crippen LogP contribution in [0.3, 0.4) is 0 Å². The molecule has 18 heavy (non-hydrogen) atoms. The van der Waals surface area contributed by atoms with Gasteiger partial charge in [-0.25, -0.2) is 4.98 Å². The van der Waals surface area contributed by atoms with Gasteiger partial charge in [0, 0.05) is 12.0 Å². The molecule has 0 saturated carbocycles. The average Bonchev–Trinajstić information content (AvgIpc) is 2.87. The summed E-state index contributed by atoms with van der Waals surface area (Å²) < 4.78 is 5.33. The maximum Gasteiger partial charge on any atom is 0.122 e. The molecule has 0 atom stereocenters. The van der Waals surface area contributed by atoms with Crippen molar-refractivity contribution in [3.63, 3.8) is 0 Å². The van der Waals surface area contributed by atoms with Crippen LogP contribution in [0.2, 0.25) is 0 Å². The Bertz CT molecular complexity index is 522. The lowest BCUT2D eigenvalue weighted by molar-refractivity contribution is 0.410. The summed E-state index contributed by atoms with van der Waals surface area (Å²) in [4.78, 5) is 7.66. The van der Waals surface area contributed by atoms with Crippen molar-refractivity contribution in [3.05, 3.63) is 35.8 Å². The molecule has 1 aromatic heterocycles. The van der Waals surface area contributed by atoms with Crippen molar-refractivity contribution in [1.29, 1.82) is 0 Å². The molecule has 0 bridgehead atoms. The van der Waals surface area contributed by atoms with E-state index in [1.165, 1.54) is 5.56 Å². The number of rotatable bonds is 5. The lowest BCUT2D eigenvalue weighted by atomic mass is 10.1. The summed E-state index contributed by atoms with van der Waals surface area (Å²) in [6, 6.07) is 6.21. The Labute approximate surface area is 113 Å². The van der Waals surface area contributed by atoms with E-state index in [1.54, 1.807) is 7.11 Å². The smallest absolute Gasteiger partial charge is 0.122 e. The number of aromatic nitrogens is 2. The molecular formula is C14H18N2OS. The van der Waals surface area contributed by atoms with Gasteiger partial charge in [-0.05, 0) is 35.9 Å². The van der Waals surface area contributed by atoms with Crippen LogP contribution < -0.4 is 4.74 Å². The second kappa shape index (κ2) is 5.96. The number of hydrogen-bond acceptors (Lipinski definition) is 3. The maximum absolute atomic E-state index is 5.33. The third kappa shape index (κ3) is 2.70. The largest absolute Gasteiger partial charge is 0.496 e. The molecule has 0 amide bonds. The predicted molar refractivity (Wildman–Crippen MR) is 77.5 cm³/mol. The first-order chi connectivity index (χ1) is 8.78. The molecular weight excluding hydrogens is 244 g/mol. The highest BCUT2D eigenvalue weighted by Crippen LogP contribution is 2.26. The van der Waals surface area contributed by atoms with Gasteiger partial charge in [0.2, 0.25) is 0 Å². The zero-order valence-corrected chi connectivity index (χ0v) is 11.6. The number of nitrogens with one attached hydrogen (secondary N) is 1. The molecule has 0 unspecified atom stereocenters. The Morgan fingerprint density at radius 1 is 1.39 bits per heavy atom. The summed E-state index contributed by atoms with van der Waals surface area (Å²) in [5.74, 6) is 2.72. The van der Waals surface area contributed by atoms with Crippen LogP contribution in [0, 0.1) is 0 Å². The van der Waals surface area contributed by atoms with Gasteiger partial charge in [-0.1, -0.05) is 6.92 Å². The molecule has 96 valence electrons. The lowest BCUT2D eigenvalue weighted by Gasteiger charge is -2.08. The van der Waals surface area contributed by atoms with E-state index in [0.29, 0.717) is 0 Å². The summed E-state index contributed by atoms with van der Waals surface area (Å²) in [6.45, 7) is 2.13. The molecule has 0 saturated heterocycles. The van der Waals surface area contributed by atoms with Crippen molar-refractivity contribution in [2.75, 3.05) is 12.9 Å². The molecule has 3 nitrogen and oxygen atoms in total. The third-order valence-corrected chi connectivity index (χ3v) is 3.17. The van der Waals surface area contributed by atoms with Gasteiger partial charge in [-0.15, -0.1) is 0 Å². The molecule has 1 aromatic carbocycles. The van der Waals surface area contributed by atoms with Crippen molar-refractivity contribution < 1.29 is 4.74 Å². The van der Waals surface area contributed by atoms with E-state index < -0.39 is 0 Å². The Balaban J connectivity index is 2.31. The summed E-state index contributed by atoms with van der Waals surface area (Å²) in [6.07, 6.45) is 3.69. The number of aromatic amines is 1. The normalized spacial score (nSPS) is 10.6. The number of hydrogen-bond donors (Lipinski definition) is 2. The highest BCUT2D eigenvalue weighted by atomic mass is 32.1. The van der Waals surface area contributed by atoms with Crippen molar-refractivity contribution in [3.8, 4) is 17.0 Å². The Morgan fingerprint density at radius 2 is 2.22 bits per heavy atom. The molecule has 0 aliphatic heterocycles. The lowest BCUT2D eigenvalue weighted by Crippen LogP contribution is -1.92. The molecule has 0 aliphatic rings. The van der Waals surface area contributed by atoms with E-state index in [-0.39, 0.29) is 0 Å². The average molecular weight is 262 g/mol.